The Bertz CT molecular complexity index is 321. The molecule has 1 aromatic heterocycles. The summed E-state index contributed by atoms with van der Waals surface area (Å²) < 4.78 is 36.6. The number of halogens is 3. The summed E-state index contributed by atoms with van der Waals surface area (Å²) in [6.07, 6.45) is -3.49. The van der Waals surface area contributed by atoms with E-state index in [4.69, 9.17) is 5.73 Å². The normalized spacial score (nSPS) is 13.8. The molecular weight excluding hydrogens is 219 g/mol. The van der Waals surface area contributed by atoms with Crippen LogP contribution in [-0.4, -0.2) is 17.6 Å². The molecule has 0 aliphatic rings. The summed E-state index contributed by atoms with van der Waals surface area (Å²) in [6.45, 7) is 2.78. The fourth-order valence-corrected chi connectivity index (χ4v) is 1.06. The molecular formula is C10H14F3N3. The highest BCUT2D eigenvalue weighted by atomic mass is 19.4. The van der Waals surface area contributed by atoms with Gasteiger partial charge in [0.2, 0.25) is 0 Å². The number of hydrogen-bond acceptors (Lipinski definition) is 3. The van der Waals surface area contributed by atoms with E-state index in [1.807, 2.05) is 6.92 Å². The predicted molar refractivity (Wildman–Crippen MR) is 54.6 cm³/mol. The third-order valence-corrected chi connectivity index (χ3v) is 2.14. The quantitative estimate of drug-likeness (QED) is 0.829. The van der Waals surface area contributed by atoms with Gasteiger partial charge in [-0.3, -0.25) is 4.98 Å². The molecule has 0 aliphatic carbocycles. The highest BCUT2D eigenvalue weighted by molar-refractivity contribution is 5.16. The van der Waals surface area contributed by atoms with Crippen molar-refractivity contribution in [2.24, 2.45) is 5.73 Å². The molecule has 1 rings (SSSR count). The second-order valence-electron chi connectivity index (χ2n) is 3.55. The summed E-state index contributed by atoms with van der Waals surface area (Å²) in [5.74, 6) is 0. The first-order valence-corrected chi connectivity index (χ1v) is 4.89. The van der Waals surface area contributed by atoms with Gasteiger partial charge in [0.25, 0.3) is 0 Å². The predicted octanol–water partition coefficient (Wildman–Crippen LogP) is 1.54. The lowest BCUT2D eigenvalue weighted by Crippen LogP contribution is -2.32. The maximum absolute atomic E-state index is 12.2. The minimum Gasteiger partial charge on any atom is -0.329 e. The maximum Gasteiger partial charge on any atom is 0.417 e. The van der Waals surface area contributed by atoms with E-state index in [1.165, 1.54) is 6.07 Å². The molecule has 0 amide bonds. The number of nitrogens with one attached hydrogen (secondary N) is 1. The highest BCUT2D eigenvalue weighted by Gasteiger charge is 2.30. The van der Waals surface area contributed by atoms with Crippen molar-refractivity contribution < 1.29 is 13.2 Å². The molecule has 3 N–H and O–H groups in total. The molecule has 6 heteroatoms. The summed E-state index contributed by atoms with van der Waals surface area (Å²) in [6, 6.07) is 2.50. The Morgan fingerprint density at radius 3 is 2.56 bits per heavy atom. The Kier molecular flexibility index (Phi) is 4.26. The minimum atomic E-state index is -4.33. The van der Waals surface area contributed by atoms with Crippen LogP contribution in [0.5, 0.6) is 0 Å². The van der Waals surface area contributed by atoms with E-state index < -0.39 is 11.7 Å². The van der Waals surface area contributed by atoms with Crippen molar-refractivity contribution in [3.8, 4) is 0 Å². The van der Waals surface area contributed by atoms with Crippen LogP contribution in [0.2, 0.25) is 0 Å². The van der Waals surface area contributed by atoms with Gasteiger partial charge in [0.05, 0.1) is 11.3 Å². The van der Waals surface area contributed by atoms with Gasteiger partial charge in [0, 0.05) is 25.3 Å². The number of rotatable bonds is 4. The van der Waals surface area contributed by atoms with E-state index in [0.29, 0.717) is 18.8 Å². The van der Waals surface area contributed by atoms with Gasteiger partial charge in [-0.15, -0.1) is 0 Å². The third kappa shape index (κ3) is 3.79. The average molecular weight is 233 g/mol. The fraction of sp³-hybridized carbons (Fsp3) is 0.500. The molecule has 16 heavy (non-hydrogen) atoms. The van der Waals surface area contributed by atoms with Crippen molar-refractivity contribution in [1.29, 1.82) is 0 Å². The molecule has 0 fully saturated rings. The van der Waals surface area contributed by atoms with Crippen LogP contribution >= 0.6 is 0 Å². The first-order valence-electron chi connectivity index (χ1n) is 4.89. The second kappa shape index (κ2) is 5.27. The van der Waals surface area contributed by atoms with Gasteiger partial charge >= 0.3 is 6.18 Å². The summed E-state index contributed by atoms with van der Waals surface area (Å²) in [5.41, 5.74) is 5.22. The number of pyridine rings is 1. The van der Waals surface area contributed by atoms with Gasteiger partial charge in [0.1, 0.15) is 0 Å². The van der Waals surface area contributed by atoms with E-state index in [2.05, 4.69) is 10.3 Å². The van der Waals surface area contributed by atoms with Crippen LogP contribution in [0.25, 0.3) is 0 Å². The standard InChI is InChI=1S/C10H14F3N3/c1-7(4-14)15-6-9-3-2-8(5-16-9)10(11,12)13/h2-3,5,7,15H,4,6,14H2,1H3. The smallest absolute Gasteiger partial charge is 0.329 e. The van der Waals surface area contributed by atoms with Crippen LogP contribution in [0.1, 0.15) is 18.2 Å². The topological polar surface area (TPSA) is 50.9 Å². The van der Waals surface area contributed by atoms with Crippen LogP contribution in [0.15, 0.2) is 18.3 Å². The lowest BCUT2D eigenvalue weighted by atomic mass is 10.2. The Labute approximate surface area is 91.9 Å². The second-order valence-corrected chi connectivity index (χ2v) is 3.55. The van der Waals surface area contributed by atoms with E-state index in [-0.39, 0.29) is 6.04 Å². The highest BCUT2D eigenvalue weighted by Crippen LogP contribution is 2.28. The van der Waals surface area contributed by atoms with Crippen LogP contribution < -0.4 is 11.1 Å². The minimum absolute atomic E-state index is 0.115. The Morgan fingerprint density at radius 1 is 1.44 bits per heavy atom. The molecule has 0 saturated heterocycles. The lowest BCUT2D eigenvalue weighted by Gasteiger charge is -2.11. The lowest BCUT2D eigenvalue weighted by molar-refractivity contribution is -0.137. The molecule has 0 radical (unpaired) electrons. The maximum atomic E-state index is 12.2. The number of nitrogens with two attached hydrogens (primary N) is 1. The first kappa shape index (κ1) is 12.9. The van der Waals surface area contributed by atoms with Crippen molar-refractivity contribution in [3.05, 3.63) is 29.6 Å². The fourth-order valence-electron chi connectivity index (χ4n) is 1.06. The Balaban J connectivity index is 2.58. The Hall–Kier alpha value is -1.14. The molecule has 0 aromatic carbocycles. The van der Waals surface area contributed by atoms with Crippen LogP contribution in [0.3, 0.4) is 0 Å². The van der Waals surface area contributed by atoms with Crippen molar-refractivity contribution in [3.63, 3.8) is 0 Å². The molecule has 0 spiro atoms. The zero-order valence-corrected chi connectivity index (χ0v) is 8.88. The average Bonchev–Trinajstić information content (AvgIpc) is 2.25. The van der Waals surface area contributed by atoms with Crippen molar-refractivity contribution in [2.75, 3.05) is 6.54 Å². The summed E-state index contributed by atoms with van der Waals surface area (Å²) in [5, 5.41) is 3.04. The van der Waals surface area contributed by atoms with Crippen molar-refractivity contribution >= 4 is 0 Å². The van der Waals surface area contributed by atoms with Gasteiger partial charge in [-0.2, -0.15) is 13.2 Å². The zero-order chi connectivity index (χ0) is 12.2. The van der Waals surface area contributed by atoms with Crippen LogP contribution in [0.4, 0.5) is 13.2 Å². The van der Waals surface area contributed by atoms with Gasteiger partial charge in [-0.05, 0) is 19.1 Å². The summed E-state index contributed by atoms with van der Waals surface area (Å²) in [7, 11) is 0. The van der Waals surface area contributed by atoms with Gasteiger partial charge < -0.3 is 11.1 Å². The summed E-state index contributed by atoms with van der Waals surface area (Å²) in [4.78, 5) is 3.73. The Morgan fingerprint density at radius 2 is 2.12 bits per heavy atom. The summed E-state index contributed by atoms with van der Waals surface area (Å²) >= 11 is 0. The van der Waals surface area contributed by atoms with Crippen molar-refractivity contribution in [2.45, 2.75) is 25.7 Å². The largest absolute Gasteiger partial charge is 0.417 e. The molecule has 1 heterocycles. The van der Waals surface area contributed by atoms with Gasteiger partial charge in [0.15, 0.2) is 0 Å². The van der Waals surface area contributed by atoms with Crippen LogP contribution in [-0.2, 0) is 12.7 Å². The van der Waals surface area contributed by atoms with Crippen LogP contribution in [0, 0.1) is 0 Å². The van der Waals surface area contributed by atoms with E-state index in [0.717, 1.165) is 12.3 Å². The first-order chi connectivity index (χ1) is 7.43. The SMILES string of the molecule is CC(CN)NCc1ccc(C(F)(F)F)cn1. The number of nitrogens with zero attached hydrogens (tertiary/aromatic N) is 1. The van der Waals surface area contributed by atoms with E-state index in [1.54, 1.807) is 0 Å². The molecule has 1 unspecified atom stereocenters. The molecule has 3 nitrogen and oxygen atoms in total. The molecule has 1 aromatic rings. The van der Waals surface area contributed by atoms with Gasteiger partial charge in [-0.25, -0.2) is 0 Å². The van der Waals surface area contributed by atoms with E-state index >= 15 is 0 Å². The monoisotopic (exact) mass is 233 g/mol. The number of aromatic nitrogens is 1. The zero-order valence-electron chi connectivity index (χ0n) is 8.88. The number of alkyl halides is 3. The third-order valence-electron chi connectivity index (χ3n) is 2.14. The van der Waals surface area contributed by atoms with Gasteiger partial charge in [-0.1, -0.05) is 0 Å². The van der Waals surface area contributed by atoms with E-state index in [9.17, 15) is 13.2 Å². The molecule has 90 valence electrons. The molecule has 0 bridgehead atoms. The molecule has 0 aliphatic heterocycles. The molecule has 0 saturated carbocycles. The number of hydrogen-bond donors (Lipinski definition) is 2. The van der Waals surface area contributed by atoms with Crippen molar-refractivity contribution in [1.82, 2.24) is 10.3 Å². The molecule has 1 atom stereocenters.